The van der Waals surface area contributed by atoms with Crippen LogP contribution in [-0.4, -0.2) is 22.0 Å². The molecule has 0 unspecified atom stereocenters. The van der Waals surface area contributed by atoms with E-state index in [1.165, 1.54) is 9.47 Å². The van der Waals surface area contributed by atoms with Crippen molar-refractivity contribution >= 4 is 17.4 Å². The molecule has 1 aromatic carbocycles. The topological polar surface area (TPSA) is 101 Å². The summed E-state index contributed by atoms with van der Waals surface area (Å²) < 4.78 is 1.33. The lowest BCUT2D eigenvalue weighted by molar-refractivity contribution is 0.0986. The van der Waals surface area contributed by atoms with Crippen molar-refractivity contribution in [3.63, 3.8) is 0 Å². The molecular weight excluding hydrogens is 368 g/mol. The summed E-state index contributed by atoms with van der Waals surface area (Å²) >= 11 is 0. The van der Waals surface area contributed by atoms with Crippen molar-refractivity contribution in [1.82, 2.24) is 9.55 Å². The second kappa shape index (κ2) is 9.11. The van der Waals surface area contributed by atoms with Crippen molar-refractivity contribution in [3.8, 4) is 0 Å². The third-order valence-electron chi connectivity index (χ3n) is 4.91. The van der Waals surface area contributed by atoms with Crippen molar-refractivity contribution in [2.45, 2.75) is 65.8 Å². The van der Waals surface area contributed by atoms with E-state index in [1.54, 1.807) is 12.1 Å². The first-order chi connectivity index (χ1) is 13.6. The van der Waals surface area contributed by atoms with Gasteiger partial charge in [-0.2, -0.15) is 0 Å². The maximum atomic E-state index is 13.2. The fourth-order valence-corrected chi connectivity index (χ4v) is 3.18. The van der Waals surface area contributed by atoms with Gasteiger partial charge in [-0.3, -0.25) is 19.1 Å². The number of anilines is 2. The molecule has 2 rings (SSSR count). The molecule has 1 amide bonds. The van der Waals surface area contributed by atoms with Gasteiger partial charge < -0.3 is 10.6 Å². The highest BCUT2D eigenvalue weighted by atomic mass is 16.2. The Morgan fingerprint density at radius 1 is 1.10 bits per heavy atom. The number of amides is 1. The molecule has 3 N–H and O–H groups in total. The molecule has 0 aliphatic rings. The fraction of sp³-hybridized carbons (Fsp3) is 0.500. The summed E-state index contributed by atoms with van der Waals surface area (Å²) in [4.78, 5) is 41.7. The van der Waals surface area contributed by atoms with Crippen LogP contribution in [0.4, 0.5) is 11.5 Å². The zero-order valence-corrected chi connectivity index (χ0v) is 18.0. The van der Waals surface area contributed by atoms with Crippen molar-refractivity contribution in [3.05, 3.63) is 56.2 Å². The molecule has 0 bridgehead atoms. The zero-order chi connectivity index (χ0) is 21.8. The quantitative estimate of drug-likeness (QED) is 0.745. The van der Waals surface area contributed by atoms with Crippen molar-refractivity contribution < 1.29 is 4.79 Å². The van der Waals surface area contributed by atoms with Gasteiger partial charge in [-0.1, -0.05) is 53.2 Å². The predicted octanol–water partition coefficient (Wildman–Crippen LogP) is 3.27. The van der Waals surface area contributed by atoms with Crippen molar-refractivity contribution in [1.29, 1.82) is 0 Å². The molecule has 7 nitrogen and oxygen atoms in total. The molecule has 7 heteroatoms. The van der Waals surface area contributed by atoms with Gasteiger partial charge in [0.1, 0.15) is 5.82 Å². The highest BCUT2D eigenvalue weighted by molar-refractivity contribution is 6.07. The number of aromatic amines is 1. The van der Waals surface area contributed by atoms with Gasteiger partial charge in [-0.25, -0.2) is 4.79 Å². The molecule has 158 valence electrons. The summed E-state index contributed by atoms with van der Waals surface area (Å²) in [6, 6.07) is 7.38. The van der Waals surface area contributed by atoms with E-state index in [-0.39, 0.29) is 22.8 Å². The molecule has 0 saturated heterocycles. The second-order valence-corrected chi connectivity index (χ2v) is 8.28. The van der Waals surface area contributed by atoms with E-state index in [4.69, 9.17) is 5.73 Å². The van der Waals surface area contributed by atoms with Crippen LogP contribution in [0.2, 0.25) is 0 Å². The summed E-state index contributed by atoms with van der Waals surface area (Å²) in [5, 5.41) is 0. The van der Waals surface area contributed by atoms with Crippen LogP contribution in [0, 0.1) is 0 Å². The van der Waals surface area contributed by atoms with Crippen LogP contribution in [0.25, 0.3) is 0 Å². The number of hydrogen-bond acceptors (Lipinski definition) is 4. The Labute approximate surface area is 171 Å². The third-order valence-corrected chi connectivity index (χ3v) is 4.91. The van der Waals surface area contributed by atoms with Gasteiger partial charge in [-0.15, -0.1) is 0 Å². The smallest absolute Gasteiger partial charge is 0.330 e. The van der Waals surface area contributed by atoms with Gasteiger partial charge in [0.2, 0.25) is 0 Å². The summed E-state index contributed by atoms with van der Waals surface area (Å²) in [5.74, 6) is -0.287. The number of H-pyrrole nitrogens is 1. The molecular formula is C22H32N4O3. The maximum absolute atomic E-state index is 13.2. The second-order valence-electron chi connectivity index (χ2n) is 8.28. The Bertz CT molecular complexity index is 966. The van der Waals surface area contributed by atoms with E-state index in [0.29, 0.717) is 25.1 Å². The van der Waals surface area contributed by atoms with Crippen LogP contribution >= 0.6 is 0 Å². The van der Waals surface area contributed by atoms with Gasteiger partial charge in [0.15, 0.2) is 5.69 Å². The van der Waals surface area contributed by atoms with E-state index in [2.05, 4.69) is 25.8 Å². The normalized spacial score (nSPS) is 11.5. The molecule has 0 saturated carbocycles. The lowest BCUT2D eigenvalue weighted by Gasteiger charge is -2.25. The minimum Gasteiger partial charge on any atom is -0.383 e. The summed E-state index contributed by atoms with van der Waals surface area (Å²) in [7, 11) is 0. The number of nitrogens with two attached hydrogens (primary N) is 1. The zero-order valence-electron chi connectivity index (χ0n) is 18.0. The minimum absolute atomic E-state index is 0.0268. The standard InChI is InChI=1S/C22H32N4O3/c1-6-8-14-26-18(23)17(19(27)24-21(26)29)25(13-7-2)20(28)15-9-11-16(12-10-15)22(3,4)5/h9-12H,6-8,13-14,23H2,1-5H3,(H,24,27,29). The molecule has 0 atom stereocenters. The molecule has 1 heterocycles. The number of carbonyl (C=O) groups is 1. The first kappa shape index (κ1) is 22.5. The van der Waals surface area contributed by atoms with Crippen LogP contribution in [0.1, 0.15) is 69.8 Å². The van der Waals surface area contributed by atoms with E-state index in [0.717, 1.165) is 18.4 Å². The predicted molar refractivity (Wildman–Crippen MR) is 118 cm³/mol. The van der Waals surface area contributed by atoms with Crippen LogP contribution in [0.5, 0.6) is 0 Å². The van der Waals surface area contributed by atoms with Crippen molar-refractivity contribution in [2.24, 2.45) is 0 Å². The molecule has 0 spiro atoms. The first-order valence-electron chi connectivity index (χ1n) is 10.2. The van der Waals surface area contributed by atoms with Gasteiger partial charge in [-0.05, 0) is 36.0 Å². The average molecular weight is 401 g/mol. The van der Waals surface area contributed by atoms with Gasteiger partial charge in [0.05, 0.1) is 0 Å². The Kier molecular flexibility index (Phi) is 7.06. The SMILES string of the molecule is CCCCn1c(N)c(N(CCC)C(=O)c2ccc(C(C)(C)C)cc2)c(=O)[nH]c1=O. The van der Waals surface area contributed by atoms with E-state index in [1.807, 2.05) is 26.0 Å². The number of rotatable bonds is 7. The van der Waals surface area contributed by atoms with Crippen molar-refractivity contribution in [2.75, 3.05) is 17.2 Å². The third kappa shape index (κ3) is 4.96. The highest BCUT2D eigenvalue weighted by Crippen LogP contribution is 2.24. The number of hydrogen-bond donors (Lipinski definition) is 2. The Balaban J connectivity index is 2.52. The molecule has 0 radical (unpaired) electrons. The largest absolute Gasteiger partial charge is 0.383 e. The summed E-state index contributed by atoms with van der Waals surface area (Å²) in [5.41, 5.74) is 6.59. The van der Waals surface area contributed by atoms with Crippen LogP contribution in [-0.2, 0) is 12.0 Å². The Morgan fingerprint density at radius 3 is 2.24 bits per heavy atom. The number of nitrogens with zero attached hydrogens (tertiary/aromatic N) is 2. The molecule has 0 aliphatic heterocycles. The first-order valence-corrected chi connectivity index (χ1v) is 10.2. The monoisotopic (exact) mass is 400 g/mol. The lowest BCUT2D eigenvalue weighted by Crippen LogP contribution is -2.41. The molecule has 1 aromatic heterocycles. The Morgan fingerprint density at radius 2 is 1.72 bits per heavy atom. The van der Waals surface area contributed by atoms with Crippen LogP contribution < -0.4 is 21.9 Å². The summed E-state index contributed by atoms with van der Waals surface area (Å²) in [6.07, 6.45) is 2.25. The molecule has 0 aliphatic carbocycles. The van der Waals surface area contributed by atoms with Crippen LogP contribution in [0.3, 0.4) is 0 Å². The number of aromatic nitrogens is 2. The average Bonchev–Trinajstić information content (AvgIpc) is 2.66. The van der Waals surface area contributed by atoms with Crippen LogP contribution in [0.15, 0.2) is 33.9 Å². The van der Waals surface area contributed by atoms with Gasteiger partial charge >= 0.3 is 5.69 Å². The number of unbranched alkanes of at least 4 members (excludes halogenated alkanes) is 1. The molecule has 2 aromatic rings. The number of benzene rings is 1. The number of carbonyl (C=O) groups excluding carboxylic acids is 1. The van der Waals surface area contributed by atoms with E-state index >= 15 is 0 Å². The molecule has 0 fully saturated rings. The summed E-state index contributed by atoms with van der Waals surface area (Å²) in [6.45, 7) is 10.9. The van der Waals surface area contributed by atoms with Gasteiger partial charge in [0.25, 0.3) is 11.5 Å². The number of nitrogen functional groups attached to an aromatic ring is 1. The fourth-order valence-electron chi connectivity index (χ4n) is 3.18. The van der Waals surface area contributed by atoms with E-state index in [9.17, 15) is 14.4 Å². The maximum Gasteiger partial charge on any atom is 0.330 e. The number of nitrogens with one attached hydrogen (secondary N) is 1. The highest BCUT2D eigenvalue weighted by Gasteiger charge is 2.25. The van der Waals surface area contributed by atoms with E-state index < -0.39 is 11.2 Å². The lowest BCUT2D eigenvalue weighted by atomic mass is 9.86. The minimum atomic E-state index is -0.645. The Hall–Kier alpha value is -2.83. The molecule has 29 heavy (non-hydrogen) atoms. The van der Waals surface area contributed by atoms with Gasteiger partial charge in [0, 0.05) is 18.7 Å².